The minimum Gasteiger partial charge on any atom is -1.00 e. The van der Waals surface area contributed by atoms with E-state index in [1.54, 1.807) is 0 Å². The van der Waals surface area contributed by atoms with Crippen LogP contribution in [-0.4, -0.2) is 0 Å². The molecule has 18 heavy (non-hydrogen) atoms. The van der Waals surface area contributed by atoms with Crippen molar-refractivity contribution in [3.05, 3.63) is 0 Å². The second-order valence-corrected chi connectivity index (χ2v) is 6.47. The first-order chi connectivity index (χ1) is 7.86. The van der Waals surface area contributed by atoms with Crippen molar-refractivity contribution >= 4 is 0 Å². The Morgan fingerprint density at radius 3 is 0.944 bits per heavy atom. The maximum atomic E-state index is 8.96. The van der Waals surface area contributed by atoms with Crippen LogP contribution in [0.25, 0.3) is 0 Å². The Balaban J connectivity index is 0. The first-order valence-corrected chi connectivity index (χ1v) is 5.68. The molecule has 0 amide bonds. The zero-order chi connectivity index (χ0) is 13.7. The monoisotopic (exact) mass is 306 g/mol. The van der Waals surface area contributed by atoms with Gasteiger partial charge in [-0.05, 0) is 0 Å². The van der Waals surface area contributed by atoms with E-state index in [1.807, 2.05) is 0 Å². The summed E-state index contributed by atoms with van der Waals surface area (Å²) in [6, 6.07) is 9.11. The number of nitrogens with zero attached hydrogens (tertiary/aromatic N) is 6. The molecule has 0 aromatic heterocycles. The summed E-state index contributed by atoms with van der Waals surface area (Å²) >= 11 is 0.108. The average Bonchev–Trinajstić information content (AvgIpc) is 2.34. The van der Waals surface area contributed by atoms with Crippen LogP contribution in [0.3, 0.4) is 0 Å². The van der Waals surface area contributed by atoms with Gasteiger partial charge in [0, 0.05) is 0 Å². The third kappa shape index (κ3) is 2.00. The quantitative estimate of drug-likeness (QED) is 0.531. The van der Waals surface area contributed by atoms with Gasteiger partial charge in [-0.1, -0.05) is 0 Å². The zero-order valence-electron chi connectivity index (χ0n) is 9.27. The van der Waals surface area contributed by atoms with Crippen LogP contribution in [0.4, 0.5) is 0 Å². The molecule has 0 atom stereocenters. The van der Waals surface area contributed by atoms with Crippen molar-refractivity contribution in [3.8, 4) is 36.4 Å². The molecule has 0 saturated heterocycles. The fourth-order valence-corrected chi connectivity index (χ4v) is 2.17. The Morgan fingerprint density at radius 1 is 0.667 bits per heavy atom. The van der Waals surface area contributed by atoms with E-state index in [0.29, 0.717) is 0 Å². The third-order valence-electron chi connectivity index (χ3n) is 2.66. The molecule has 6 nitrogen and oxygen atoms in total. The molecular weight excluding hydrogens is 305 g/mol. The summed E-state index contributed by atoms with van der Waals surface area (Å²) in [5.74, 6) is 0. The van der Waals surface area contributed by atoms with Crippen LogP contribution < -0.4 is 12.4 Å². The molecule has 0 unspecified atom stereocenters. The molecule has 0 aliphatic rings. The molecule has 0 N–H and O–H groups in total. The summed E-state index contributed by atoms with van der Waals surface area (Å²) in [5, 5.41) is 53.8. The minimum absolute atomic E-state index is 0. The van der Waals surface area contributed by atoms with Crippen LogP contribution in [0.15, 0.2) is 0 Å². The number of nitriles is 6. The predicted octanol–water partition coefficient (Wildman–Crippen LogP) is -2.17. The van der Waals surface area contributed by atoms with Crippen molar-refractivity contribution in [3.63, 3.8) is 0 Å². The van der Waals surface area contributed by atoms with E-state index in [1.165, 1.54) is 43.3 Å². The molecule has 0 heterocycles. The summed E-state index contributed by atoms with van der Waals surface area (Å²) in [6.45, 7) is 1.26. The Labute approximate surface area is 120 Å². The minimum atomic E-state index is -2.19. The largest absolute Gasteiger partial charge is 1.00 e. The summed E-state index contributed by atoms with van der Waals surface area (Å²) in [6.07, 6.45) is 0. The van der Waals surface area contributed by atoms with Gasteiger partial charge in [0.15, 0.2) is 0 Å². The molecule has 0 bridgehead atoms. The van der Waals surface area contributed by atoms with Gasteiger partial charge in [0.05, 0.1) is 0 Å². The summed E-state index contributed by atoms with van der Waals surface area (Å²) in [4.78, 5) is 0. The average molecular weight is 308 g/mol. The molecule has 0 fully saturated rings. The SMILES string of the molecule is C[C]([Zn+])(C(C#N)(C#N)C#N)C(C#N)(C#N)C#N.[Cl-]. The van der Waals surface area contributed by atoms with Crippen LogP contribution in [0.1, 0.15) is 6.92 Å². The molecule has 0 aromatic rings. The van der Waals surface area contributed by atoms with Gasteiger partial charge in [0.1, 0.15) is 0 Å². The topological polar surface area (TPSA) is 143 Å². The maximum absolute atomic E-state index is 8.96. The van der Waals surface area contributed by atoms with Gasteiger partial charge in [-0.15, -0.1) is 0 Å². The molecule has 0 aromatic carbocycles. The molecule has 82 valence electrons. The number of halogens is 1. The van der Waals surface area contributed by atoms with Crippen molar-refractivity contribution in [2.45, 2.75) is 10.9 Å². The van der Waals surface area contributed by atoms with Crippen LogP contribution >= 0.6 is 0 Å². The van der Waals surface area contributed by atoms with Crippen molar-refractivity contribution in [2.75, 3.05) is 0 Å². The predicted molar refractivity (Wildman–Crippen MR) is 46.9 cm³/mol. The van der Waals surface area contributed by atoms with E-state index in [2.05, 4.69) is 0 Å². The normalized spacial score (nSPS) is 10.1. The summed E-state index contributed by atoms with van der Waals surface area (Å²) < 4.78 is -1.61. The van der Waals surface area contributed by atoms with Gasteiger partial charge in [-0.25, -0.2) is 0 Å². The van der Waals surface area contributed by atoms with Crippen molar-refractivity contribution in [1.82, 2.24) is 0 Å². The Kier molecular flexibility index (Phi) is 6.04. The van der Waals surface area contributed by atoms with Gasteiger partial charge in [0.25, 0.3) is 0 Å². The molecule has 8 heteroatoms. The summed E-state index contributed by atoms with van der Waals surface area (Å²) in [7, 11) is 0. The fraction of sp³-hybridized carbons (Fsp3) is 0.400. The van der Waals surface area contributed by atoms with E-state index in [0.717, 1.165) is 0 Å². The van der Waals surface area contributed by atoms with Gasteiger partial charge < -0.3 is 12.4 Å². The van der Waals surface area contributed by atoms with E-state index < -0.39 is 14.8 Å². The molecule has 0 aliphatic carbocycles. The van der Waals surface area contributed by atoms with Gasteiger partial charge >= 0.3 is 108 Å². The van der Waals surface area contributed by atoms with Gasteiger partial charge in [-0.3, -0.25) is 0 Å². The van der Waals surface area contributed by atoms with E-state index in [9.17, 15) is 0 Å². The smallest absolute Gasteiger partial charge is 1.00 e. The Hall–Kier alpha value is -2.15. The van der Waals surface area contributed by atoms with E-state index in [-0.39, 0.29) is 30.7 Å². The molecule has 0 spiro atoms. The van der Waals surface area contributed by atoms with Crippen LogP contribution in [0.5, 0.6) is 0 Å². The van der Waals surface area contributed by atoms with Crippen LogP contribution in [-0.2, 0) is 18.3 Å². The van der Waals surface area contributed by atoms with Gasteiger partial charge in [0.2, 0.25) is 0 Å². The van der Waals surface area contributed by atoms with Gasteiger partial charge in [-0.2, -0.15) is 0 Å². The van der Waals surface area contributed by atoms with E-state index in [4.69, 9.17) is 31.6 Å². The molecule has 0 saturated carbocycles. The summed E-state index contributed by atoms with van der Waals surface area (Å²) in [5.41, 5.74) is -4.37. The van der Waals surface area contributed by atoms with Crippen molar-refractivity contribution in [2.24, 2.45) is 10.8 Å². The second kappa shape index (κ2) is 5.97. The third-order valence-corrected chi connectivity index (χ3v) is 4.89. The van der Waals surface area contributed by atoms with Crippen molar-refractivity contribution in [1.29, 1.82) is 31.6 Å². The Bertz CT molecular complexity index is 459. The number of hydrogen-bond acceptors (Lipinski definition) is 6. The maximum Gasteiger partial charge on any atom is -1.00 e. The molecule has 0 aliphatic heterocycles. The van der Waals surface area contributed by atoms with Crippen molar-refractivity contribution < 1.29 is 30.7 Å². The standard InChI is InChI=1S/C10H3N6.ClH.Zn/c1-8(9(2-11,3-12)4-13)10(5-14,6-15)7-16;;/h1H3;1H;/q;;+1/p-1. The number of rotatable bonds is 2. The molecular formula is C10H3ClN6Zn. The first-order valence-electron chi connectivity index (χ1n) is 4.20. The Morgan fingerprint density at radius 2 is 0.833 bits per heavy atom. The fourth-order valence-electron chi connectivity index (χ4n) is 1.17. The number of hydrogen-bond donors (Lipinski definition) is 0. The first kappa shape index (κ1) is 18.2. The molecule has 0 radical (unpaired) electrons. The zero-order valence-corrected chi connectivity index (χ0v) is 13.0. The van der Waals surface area contributed by atoms with E-state index >= 15 is 0 Å². The molecule has 0 rings (SSSR count). The van der Waals surface area contributed by atoms with Crippen LogP contribution in [0.2, 0.25) is 4.01 Å². The second-order valence-electron chi connectivity index (χ2n) is 3.50. The van der Waals surface area contributed by atoms with Crippen LogP contribution in [0, 0.1) is 78.8 Å².